The predicted octanol–water partition coefficient (Wildman–Crippen LogP) is 1.48. The van der Waals surface area contributed by atoms with E-state index in [1.165, 1.54) is 6.20 Å². The molecular weight excluding hydrogens is 222 g/mol. The molecule has 92 valence electrons. The minimum Gasteiger partial charge on any atom is -0.480 e. The average Bonchev–Trinajstić information content (AvgIpc) is 2.26. The summed E-state index contributed by atoms with van der Waals surface area (Å²) in [5.41, 5.74) is 14.9. The number of rotatable bonds is 5. The van der Waals surface area contributed by atoms with Crippen LogP contribution in [-0.4, -0.2) is 22.1 Å². The monoisotopic (exact) mass is 237 g/mol. The quantitative estimate of drug-likeness (QED) is 0.457. The van der Waals surface area contributed by atoms with Crippen molar-refractivity contribution in [2.75, 3.05) is 0 Å². The number of hydrogen-bond donors (Lipinski definition) is 2. The van der Waals surface area contributed by atoms with Crippen molar-refractivity contribution >= 4 is 5.97 Å². The Morgan fingerprint density at radius 2 is 2.41 bits per heavy atom. The summed E-state index contributed by atoms with van der Waals surface area (Å²) in [5, 5.41) is 12.0. The van der Waals surface area contributed by atoms with Crippen molar-refractivity contribution in [2.24, 2.45) is 10.8 Å². The van der Waals surface area contributed by atoms with Crippen LogP contribution in [0.3, 0.4) is 0 Å². The number of aliphatic carboxylic acids is 1. The largest absolute Gasteiger partial charge is 0.480 e. The van der Waals surface area contributed by atoms with E-state index in [-0.39, 0.29) is 20.4 Å². The van der Waals surface area contributed by atoms with Crippen LogP contribution >= 0.6 is 0 Å². The third-order valence-electron chi connectivity index (χ3n) is 1.94. The third kappa shape index (κ3) is 4.96. The number of nitrogens with zero attached hydrogens (tertiary/aromatic N) is 4. The van der Waals surface area contributed by atoms with E-state index in [0.717, 1.165) is 5.56 Å². The second-order valence-electron chi connectivity index (χ2n) is 3.19. The zero-order valence-electron chi connectivity index (χ0n) is 8.45. The van der Waals surface area contributed by atoms with Gasteiger partial charge in [0.15, 0.2) is 0 Å². The van der Waals surface area contributed by atoms with E-state index < -0.39 is 12.0 Å². The Morgan fingerprint density at radius 1 is 1.71 bits per heavy atom. The summed E-state index contributed by atoms with van der Waals surface area (Å²) >= 11 is 0. The third-order valence-corrected chi connectivity index (χ3v) is 1.94. The topological polar surface area (TPSA) is 125 Å². The van der Waals surface area contributed by atoms with Gasteiger partial charge in [-0.1, -0.05) is 12.5 Å². The zero-order chi connectivity index (χ0) is 12.0. The molecule has 0 radical (unpaired) electrons. The molecule has 0 amide bonds. The van der Waals surface area contributed by atoms with Crippen LogP contribution in [0.25, 0.3) is 10.4 Å². The lowest BCUT2D eigenvalue weighted by atomic mass is 10.1. The summed E-state index contributed by atoms with van der Waals surface area (Å²) < 4.78 is 0. The molecule has 1 aromatic heterocycles. The van der Waals surface area contributed by atoms with Crippen molar-refractivity contribution in [1.82, 2.24) is 4.98 Å². The molecule has 7 nitrogen and oxygen atoms in total. The van der Waals surface area contributed by atoms with E-state index in [0.29, 0.717) is 5.69 Å². The maximum Gasteiger partial charge on any atom is 0.320 e. The lowest BCUT2D eigenvalue weighted by molar-refractivity contribution is -0.138. The van der Waals surface area contributed by atoms with Crippen molar-refractivity contribution in [3.8, 4) is 0 Å². The molecule has 17 heavy (non-hydrogen) atoms. The van der Waals surface area contributed by atoms with Crippen LogP contribution in [0, 0.1) is 0 Å². The van der Waals surface area contributed by atoms with Crippen molar-refractivity contribution < 1.29 is 9.90 Å². The van der Waals surface area contributed by atoms with E-state index in [1.54, 1.807) is 12.1 Å². The van der Waals surface area contributed by atoms with Crippen LogP contribution in [-0.2, 0) is 17.8 Å². The second-order valence-corrected chi connectivity index (χ2v) is 3.19. The Kier molecular flexibility index (Phi) is 6.32. The van der Waals surface area contributed by atoms with Crippen LogP contribution in [0.5, 0.6) is 0 Å². The molecule has 7 heteroatoms. The van der Waals surface area contributed by atoms with Gasteiger partial charge in [-0.3, -0.25) is 9.78 Å². The molecule has 1 heterocycles. The van der Waals surface area contributed by atoms with Gasteiger partial charge in [-0.05, 0) is 23.2 Å². The van der Waals surface area contributed by atoms with E-state index in [1.807, 2.05) is 0 Å². The molecule has 0 spiro atoms. The van der Waals surface area contributed by atoms with Gasteiger partial charge in [-0.15, -0.1) is 0 Å². The maximum atomic E-state index is 10.5. The molecule has 0 saturated carbocycles. The lowest BCUT2D eigenvalue weighted by Crippen LogP contribution is -2.32. The molecule has 0 fully saturated rings. The van der Waals surface area contributed by atoms with Gasteiger partial charge < -0.3 is 10.8 Å². The first-order valence-corrected chi connectivity index (χ1v) is 4.56. The molecule has 1 atom stereocenters. The molecule has 0 aliphatic rings. The van der Waals surface area contributed by atoms with Crippen molar-refractivity contribution in [1.29, 1.82) is 0 Å². The highest BCUT2D eigenvalue weighted by atomic mass is 16.4. The minimum atomic E-state index is -1.07. The van der Waals surface area contributed by atoms with Crippen LogP contribution in [0.1, 0.15) is 18.7 Å². The molecule has 0 aliphatic heterocycles. The van der Waals surface area contributed by atoms with Crippen LogP contribution in [0.4, 0.5) is 0 Å². The molecule has 0 unspecified atom stereocenters. The fourth-order valence-electron chi connectivity index (χ4n) is 1.16. The van der Waals surface area contributed by atoms with Gasteiger partial charge >= 0.3 is 5.97 Å². The molecular formula is C10H15N5O2. The van der Waals surface area contributed by atoms with Gasteiger partial charge in [0.05, 0.1) is 6.54 Å². The molecule has 3 N–H and O–H groups in total. The highest BCUT2D eigenvalue weighted by molar-refractivity contribution is 5.73. The molecule has 0 aliphatic carbocycles. The lowest BCUT2D eigenvalue weighted by Gasteiger charge is -2.06. The summed E-state index contributed by atoms with van der Waals surface area (Å²) in [4.78, 5) is 17.2. The minimum absolute atomic E-state index is 0. The number of pyridine rings is 1. The van der Waals surface area contributed by atoms with Gasteiger partial charge in [0, 0.05) is 23.2 Å². The fraction of sp³-hybridized carbons (Fsp3) is 0.400. The van der Waals surface area contributed by atoms with Crippen molar-refractivity contribution in [3.63, 3.8) is 0 Å². The molecule has 0 saturated heterocycles. The first-order valence-electron chi connectivity index (χ1n) is 4.56. The SMILES string of the molecule is C.[N-]=[N+]=NCc1ccnc(C[C@H](N)C(=O)O)c1. The number of azide groups is 1. The molecule has 1 aromatic rings. The second kappa shape index (κ2) is 7.21. The predicted molar refractivity (Wildman–Crippen MR) is 63.1 cm³/mol. The Balaban J connectivity index is 0.00000256. The smallest absolute Gasteiger partial charge is 0.320 e. The number of aromatic nitrogens is 1. The van der Waals surface area contributed by atoms with E-state index >= 15 is 0 Å². The molecule has 1 rings (SSSR count). The van der Waals surface area contributed by atoms with Gasteiger partial charge in [0.25, 0.3) is 0 Å². The highest BCUT2D eigenvalue weighted by Gasteiger charge is 2.12. The summed E-state index contributed by atoms with van der Waals surface area (Å²) in [7, 11) is 0. The Hall–Kier alpha value is -2.11. The summed E-state index contributed by atoms with van der Waals surface area (Å²) in [5.74, 6) is -1.07. The summed E-state index contributed by atoms with van der Waals surface area (Å²) in [6.45, 7) is 0.217. The van der Waals surface area contributed by atoms with Gasteiger partial charge in [-0.25, -0.2) is 0 Å². The normalized spacial score (nSPS) is 10.9. The van der Waals surface area contributed by atoms with E-state index in [2.05, 4.69) is 15.0 Å². The Bertz CT molecular complexity index is 428. The van der Waals surface area contributed by atoms with Crippen LogP contribution in [0.2, 0.25) is 0 Å². The standard InChI is InChI=1S/C9H11N5O2.CH4/c10-8(9(15)16)4-7-3-6(1-2-12-7)5-13-14-11;/h1-3,8H,4-5,10H2,(H,15,16);1H4/t8-;/m0./s1. The Morgan fingerprint density at radius 3 is 3.00 bits per heavy atom. The fourth-order valence-corrected chi connectivity index (χ4v) is 1.16. The molecule has 0 bridgehead atoms. The molecule has 0 aromatic carbocycles. The average molecular weight is 237 g/mol. The van der Waals surface area contributed by atoms with Crippen LogP contribution in [0.15, 0.2) is 23.4 Å². The van der Waals surface area contributed by atoms with Crippen molar-refractivity contribution in [3.05, 3.63) is 40.0 Å². The first kappa shape index (κ1) is 14.9. The van der Waals surface area contributed by atoms with Crippen LogP contribution < -0.4 is 5.73 Å². The van der Waals surface area contributed by atoms with Gasteiger partial charge in [0.1, 0.15) is 6.04 Å². The number of hydrogen-bond acceptors (Lipinski definition) is 4. The van der Waals surface area contributed by atoms with Gasteiger partial charge in [-0.2, -0.15) is 0 Å². The summed E-state index contributed by atoms with van der Waals surface area (Å²) in [6.07, 6.45) is 1.69. The highest BCUT2D eigenvalue weighted by Crippen LogP contribution is 2.05. The van der Waals surface area contributed by atoms with Gasteiger partial charge in [0.2, 0.25) is 0 Å². The maximum absolute atomic E-state index is 10.5. The Labute approximate surface area is 98.9 Å². The number of carbonyl (C=O) groups is 1. The number of nitrogens with two attached hydrogens (primary N) is 1. The first-order chi connectivity index (χ1) is 7.63. The number of carboxylic acids is 1. The zero-order valence-corrected chi connectivity index (χ0v) is 8.45. The number of carboxylic acid groups (broad SMARTS) is 1. The summed E-state index contributed by atoms with van der Waals surface area (Å²) in [6, 6.07) is 2.41. The van der Waals surface area contributed by atoms with E-state index in [9.17, 15) is 4.79 Å². The van der Waals surface area contributed by atoms with Crippen molar-refractivity contribution in [2.45, 2.75) is 26.4 Å². The van der Waals surface area contributed by atoms with E-state index in [4.69, 9.17) is 16.4 Å².